The largest absolute Gasteiger partial charge is 0.394 e. The minimum absolute atomic E-state index is 0.124. The number of hydrogen-bond acceptors (Lipinski definition) is 6. The van der Waals surface area contributed by atoms with Crippen LogP contribution in [-0.4, -0.2) is 64.0 Å². The number of amides is 1. The number of carbonyl (C=O) groups excluding carboxylic acids is 2. The van der Waals surface area contributed by atoms with E-state index in [1.54, 1.807) is 20.9 Å². The molecular weight excluding hydrogens is 332 g/mol. The number of carbonyl (C=O) groups is 2. The molecule has 134 valence electrons. The zero-order valence-corrected chi connectivity index (χ0v) is 14.9. The van der Waals surface area contributed by atoms with Crippen LogP contribution in [0, 0.1) is 10.7 Å². The van der Waals surface area contributed by atoms with E-state index in [1.165, 1.54) is 21.7 Å². The Kier molecular flexibility index (Phi) is 7.96. The molecule has 0 aliphatic heterocycles. The van der Waals surface area contributed by atoms with E-state index in [1.807, 2.05) is 0 Å². The van der Waals surface area contributed by atoms with E-state index < -0.39 is 12.6 Å². The van der Waals surface area contributed by atoms with Gasteiger partial charge in [0.05, 0.1) is 6.61 Å². The second kappa shape index (κ2) is 9.45. The maximum Gasteiger partial charge on any atom is 0.251 e. The monoisotopic (exact) mass is 356 g/mol. The average molecular weight is 356 g/mol. The lowest BCUT2D eigenvalue weighted by Gasteiger charge is -2.31. The number of ketones is 1. The first-order chi connectivity index (χ1) is 11.3. The number of Topliss-reactive ketones (excluding diaryl/α,β-unsaturated/α-hetero) is 1. The second-order valence-corrected chi connectivity index (χ2v) is 6.07. The number of aromatic nitrogens is 2. The van der Waals surface area contributed by atoms with Crippen LogP contribution in [-0.2, 0) is 16.1 Å². The van der Waals surface area contributed by atoms with Crippen LogP contribution in [0.1, 0.15) is 13.8 Å². The highest BCUT2D eigenvalue weighted by Crippen LogP contribution is 2.09. The first-order valence-corrected chi connectivity index (χ1v) is 8.11. The topological polar surface area (TPSA) is 107 Å². The molecule has 1 atom stereocenters. The van der Waals surface area contributed by atoms with Crippen molar-refractivity contribution in [3.05, 3.63) is 27.4 Å². The lowest BCUT2D eigenvalue weighted by atomic mass is 10.0. The molecule has 0 bridgehead atoms. The van der Waals surface area contributed by atoms with E-state index in [2.05, 4.69) is 10.3 Å². The second-order valence-electron chi connectivity index (χ2n) is 5.68. The summed E-state index contributed by atoms with van der Waals surface area (Å²) in [5, 5.41) is 12.5. The summed E-state index contributed by atoms with van der Waals surface area (Å²) in [7, 11) is 1.74. The van der Waals surface area contributed by atoms with Crippen LogP contribution < -0.4 is 10.9 Å². The average Bonchev–Trinajstić information content (AvgIpc) is 2.53. The van der Waals surface area contributed by atoms with Gasteiger partial charge in [0.25, 0.3) is 5.56 Å². The Labute approximate surface area is 145 Å². The van der Waals surface area contributed by atoms with Gasteiger partial charge in [0.2, 0.25) is 5.91 Å². The summed E-state index contributed by atoms with van der Waals surface area (Å²) in [6.07, 6.45) is 1.42. The fourth-order valence-corrected chi connectivity index (χ4v) is 2.44. The van der Waals surface area contributed by atoms with Crippen molar-refractivity contribution in [3.8, 4) is 0 Å². The number of nitrogens with one attached hydrogen (secondary N) is 2. The number of likely N-dealkylation sites (N-methyl/N-ethyl adjacent to an activating group) is 1. The highest BCUT2D eigenvalue weighted by atomic mass is 32.1. The number of aromatic amines is 1. The third kappa shape index (κ3) is 5.36. The Morgan fingerprint density at radius 3 is 2.62 bits per heavy atom. The van der Waals surface area contributed by atoms with Gasteiger partial charge < -0.3 is 19.9 Å². The summed E-state index contributed by atoms with van der Waals surface area (Å²) in [5.74, 6) is -0.865. The Morgan fingerprint density at radius 2 is 2.12 bits per heavy atom. The molecular formula is C15H24N4O4S. The molecule has 1 heterocycles. The molecule has 0 spiro atoms. The molecule has 24 heavy (non-hydrogen) atoms. The molecule has 0 radical (unpaired) electrons. The predicted octanol–water partition coefficient (Wildman–Crippen LogP) is -0.460. The minimum Gasteiger partial charge on any atom is -0.394 e. The molecule has 0 fully saturated rings. The van der Waals surface area contributed by atoms with Crippen molar-refractivity contribution in [3.63, 3.8) is 0 Å². The quantitative estimate of drug-likeness (QED) is 0.517. The lowest BCUT2D eigenvalue weighted by molar-refractivity contribution is -0.142. The molecule has 0 aromatic carbocycles. The van der Waals surface area contributed by atoms with E-state index >= 15 is 0 Å². The molecule has 9 heteroatoms. The van der Waals surface area contributed by atoms with Gasteiger partial charge in [-0.3, -0.25) is 19.4 Å². The van der Waals surface area contributed by atoms with Crippen molar-refractivity contribution in [2.45, 2.75) is 26.4 Å². The normalized spacial score (nSPS) is 12.2. The Morgan fingerprint density at radius 1 is 1.46 bits per heavy atom. The Bertz CT molecular complexity index is 683. The summed E-state index contributed by atoms with van der Waals surface area (Å²) in [6.45, 7) is 3.64. The predicted molar refractivity (Wildman–Crippen MR) is 92.2 cm³/mol. The van der Waals surface area contributed by atoms with Gasteiger partial charge in [0.15, 0.2) is 10.6 Å². The van der Waals surface area contributed by atoms with Gasteiger partial charge >= 0.3 is 0 Å². The molecule has 0 aliphatic carbocycles. The molecule has 1 unspecified atom stereocenters. The van der Waals surface area contributed by atoms with Gasteiger partial charge in [-0.05, 0) is 19.3 Å². The number of rotatable bonds is 9. The van der Waals surface area contributed by atoms with Crippen molar-refractivity contribution in [2.75, 3.05) is 26.7 Å². The molecule has 1 rings (SSSR count). The van der Waals surface area contributed by atoms with E-state index in [9.17, 15) is 19.5 Å². The fourth-order valence-electron chi connectivity index (χ4n) is 2.22. The molecule has 8 nitrogen and oxygen atoms in total. The van der Waals surface area contributed by atoms with E-state index in [-0.39, 0.29) is 41.0 Å². The SMILES string of the molecule is CNCCN(C(=O)Cn1ccc(=O)[nH]c1=S)C(CO)C(=O)C(C)C. The van der Waals surface area contributed by atoms with E-state index in [4.69, 9.17) is 12.2 Å². The van der Waals surface area contributed by atoms with Crippen LogP contribution in [0.4, 0.5) is 0 Å². The zero-order valence-electron chi connectivity index (χ0n) is 14.1. The zero-order chi connectivity index (χ0) is 18.3. The number of aliphatic hydroxyl groups excluding tert-OH is 1. The number of H-pyrrole nitrogens is 1. The van der Waals surface area contributed by atoms with Crippen LogP contribution >= 0.6 is 12.2 Å². The van der Waals surface area contributed by atoms with Crippen LogP contribution in [0.5, 0.6) is 0 Å². The molecule has 1 aromatic heterocycles. The van der Waals surface area contributed by atoms with Crippen molar-refractivity contribution >= 4 is 23.9 Å². The molecule has 1 amide bonds. The standard InChI is InChI=1S/C15H24N4O4S/c1-10(2)14(23)11(9-20)19(7-5-16-3)13(22)8-18-6-4-12(21)17-15(18)24/h4,6,10-11,16,20H,5,7-9H2,1-3H3,(H,17,21,24). The van der Waals surface area contributed by atoms with Crippen LogP contribution in [0.2, 0.25) is 0 Å². The number of hydrogen-bond donors (Lipinski definition) is 3. The minimum atomic E-state index is -0.900. The molecule has 0 saturated carbocycles. The third-order valence-electron chi connectivity index (χ3n) is 3.57. The van der Waals surface area contributed by atoms with Gasteiger partial charge in [-0.1, -0.05) is 13.8 Å². The van der Waals surface area contributed by atoms with E-state index in [0.717, 1.165) is 0 Å². The molecule has 1 aromatic rings. The highest BCUT2D eigenvalue weighted by Gasteiger charge is 2.30. The summed E-state index contributed by atoms with van der Waals surface area (Å²) < 4.78 is 1.54. The summed E-state index contributed by atoms with van der Waals surface area (Å²) in [5.41, 5.74) is -0.348. The van der Waals surface area contributed by atoms with Crippen molar-refractivity contribution < 1.29 is 14.7 Å². The molecule has 0 aliphatic rings. The third-order valence-corrected chi connectivity index (χ3v) is 3.91. The molecule has 0 saturated heterocycles. The lowest BCUT2D eigenvalue weighted by Crippen LogP contribution is -2.51. The Hall–Kier alpha value is -1.84. The fraction of sp³-hybridized carbons (Fsp3) is 0.600. The van der Waals surface area contributed by atoms with Crippen molar-refractivity contribution in [2.24, 2.45) is 5.92 Å². The van der Waals surface area contributed by atoms with Crippen LogP contribution in [0.25, 0.3) is 0 Å². The summed E-state index contributed by atoms with van der Waals surface area (Å²) >= 11 is 5.03. The number of aliphatic hydroxyl groups is 1. The first kappa shape index (κ1) is 20.2. The van der Waals surface area contributed by atoms with Gasteiger partial charge in [0, 0.05) is 31.3 Å². The van der Waals surface area contributed by atoms with Crippen LogP contribution in [0.3, 0.4) is 0 Å². The van der Waals surface area contributed by atoms with Gasteiger partial charge in [-0.15, -0.1) is 0 Å². The molecule has 3 N–H and O–H groups in total. The van der Waals surface area contributed by atoms with Gasteiger partial charge in [-0.25, -0.2) is 0 Å². The van der Waals surface area contributed by atoms with Gasteiger partial charge in [-0.2, -0.15) is 0 Å². The maximum atomic E-state index is 12.7. The smallest absolute Gasteiger partial charge is 0.251 e. The van der Waals surface area contributed by atoms with Crippen molar-refractivity contribution in [1.82, 2.24) is 19.8 Å². The van der Waals surface area contributed by atoms with Crippen molar-refractivity contribution in [1.29, 1.82) is 0 Å². The summed E-state index contributed by atoms with van der Waals surface area (Å²) in [6, 6.07) is 0.367. The first-order valence-electron chi connectivity index (χ1n) is 7.70. The summed E-state index contributed by atoms with van der Waals surface area (Å²) in [4.78, 5) is 39.9. The van der Waals surface area contributed by atoms with Gasteiger partial charge in [0.1, 0.15) is 12.6 Å². The number of nitrogens with zero attached hydrogens (tertiary/aromatic N) is 2. The maximum absolute atomic E-state index is 12.7. The highest BCUT2D eigenvalue weighted by molar-refractivity contribution is 7.71. The van der Waals surface area contributed by atoms with E-state index in [0.29, 0.717) is 6.54 Å². The van der Waals surface area contributed by atoms with Crippen LogP contribution in [0.15, 0.2) is 17.1 Å². The Balaban J connectivity index is 3.05.